The third-order valence-electron chi connectivity index (χ3n) is 6.19. The van der Waals surface area contributed by atoms with Gasteiger partial charge in [-0.25, -0.2) is 0 Å². The number of carbonyl (C=O) groups is 2. The van der Waals surface area contributed by atoms with Crippen LogP contribution in [-0.2, 0) is 23.7 Å². The molecule has 2 heterocycles. The number of anilines is 3. The van der Waals surface area contributed by atoms with Crippen LogP contribution in [0.1, 0.15) is 12.0 Å². The van der Waals surface area contributed by atoms with Crippen molar-refractivity contribution in [1.82, 2.24) is 9.13 Å². The highest BCUT2D eigenvalue weighted by Gasteiger charge is 2.35. The fourth-order valence-electron chi connectivity index (χ4n) is 4.17. The Labute approximate surface area is 190 Å². The lowest BCUT2D eigenvalue weighted by Gasteiger charge is -2.22. The van der Waals surface area contributed by atoms with Crippen molar-refractivity contribution in [3.63, 3.8) is 0 Å². The van der Waals surface area contributed by atoms with Gasteiger partial charge < -0.3 is 24.3 Å². The lowest BCUT2D eigenvalue weighted by molar-refractivity contribution is -0.122. The second-order valence-electron chi connectivity index (χ2n) is 8.71. The molecule has 1 aliphatic heterocycles. The molecule has 0 unspecified atom stereocenters. The molecule has 4 rings (SSSR count). The molecule has 1 fully saturated rings. The minimum Gasteiger partial charge on any atom is -0.376 e. The first-order valence-corrected chi connectivity index (χ1v) is 10.7. The van der Waals surface area contributed by atoms with Crippen LogP contribution in [0.4, 0.5) is 17.1 Å². The number of rotatable bonds is 4. The van der Waals surface area contributed by atoms with Crippen molar-refractivity contribution in [2.75, 3.05) is 35.8 Å². The smallest absolute Gasteiger partial charge is 0.316 e. The van der Waals surface area contributed by atoms with Crippen molar-refractivity contribution in [3.05, 3.63) is 62.7 Å². The lowest BCUT2D eigenvalue weighted by Crippen LogP contribution is -2.39. The molecule has 3 aromatic rings. The van der Waals surface area contributed by atoms with E-state index in [9.17, 15) is 19.2 Å². The Morgan fingerprint density at radius 3 is 2.12 bits per heavy atom. The van der Waals surface area contributed by atoms with Crippen molar-refractivity contribution in [2.24, 2.45) is 20.0 Å². The second-order valence-corrected chi connectivity index (χ2v) is 8.71. The number of fused-ring (bicyclic) bond motifs is 1. The summed E-state index contributed by atoms with van der Waals surface area (Å²) in [6.45, 7) is 2.27. The van der Waals surface area contributed by atoms with Gasteiger partial charge in [-0.2, -0.15) is 0 Å². The van der Waals surface area contributed by atoms with E-state index in [1.807, 2.05) is 50.2 Å². The molecule has 172 valence electrons. The molecule has 0 radical (unpaired) electrons. The molecule has 0 saturated carbocycles. The average Bonchev–Trinajstić information content (AvgIpc) is 3.18. The number of aryl methyl sites for hydroxylation is 3. The van der Waals surface area contributed by atoms with Crippen LogP contribution < -0.4 is 26.2 Å². The summed E-state index contributed by atoms with van der Waals surface area (Å²) in [7, 11) is 6.74. The summed E-state index contributed by atoms with van der Waals surface area (Å²) in [5, 5.41) is 2.95. The Morgan fingerprint density at radius 2 is 1.55 bits per heavy atom. The summed E-state index contributed by atoms with van der Waals surface area (Å²) < 4.78 is 2.59. The van der Waals surface area contributed by atoms with Gasteiger partial charge >= 0.3 is 11.1 Å². The van der Waals surface area contributed by atoms with E-state index in [1.54, 1.807) is 24.1 Å². The van der Waals surface area contributed by atoms with Crippen molar-refractivity contribution >= 4 is 39.9 Å². The van der Waals surface area contributed by atoms with Crippen LogP contribution in [0.25, 0.3) is 11.0 Å². The number of amides is 2. The molecule has 1 N–H and O–H groups in total. The van der Waals surface area contributed by atoms with Crippen LogP contribution >= 0.6 is 0 Å². The summed E-state index contributed by atoms with van der Waals surface area (Å²) in [5.41, 5.74) is 2.89. The Morgan fingerprint density at radius 1 is 0.970 bits per heavy atom. The van der Waals surface area contributed by atoms with E-state index in [0.717, 1.165) is 11.3 Å². The summed E-state index contributed by atoms with van der Waals surface area (Å²) in [5.74, 6) is -0.869. The first kappa shape index (κ1) is 22.3. The number of hydrogen-bond acceptors (Lipinski definition) is 5. The quantitative estimate of drug-likeness (QED) is 0.611. The normalized spacial score (nSPS) is 15.8. The Hall–Kier alpha value is -3.88. The Balaban J connectivity index is 1.67. The van der Waals surface area contributed by atoms with Crippen molar-refractivity contribution in [1.29, 1.82) is 0 Å². The highest BCUT2D eigenvalue weighted by molar-refractivity contribution is 6.05. The maximum Gasteiger partial charge on any atom is 0.316 e. The third kappa shape index (κ3) is 3.90. The largest absolute Gasteiger partial charge is 0.376 e. The molecule has 9 nitrogen and oxygen atoms in total. The summed E-state index contributed by atoms with van der Waals surface area (Å²) >= 11 is 0. The Bertz CT molecular complexity index is 1390. The lowest BCUT2D eigenvalue weighted by atomic mass is 10.1. The standard InChI is InChI=1S/C24H27N5O4/c1-14-6-8-16(9-7-14)29-13-15(10-21(29)30)22(31)25-17-11-19-20(12-18(17)26(2)3)28(5)24(33)23(32)27(19)4/h6-9,11-12,15H,10,13H2,1-5H3,(H,25,31)/t15-/m0/s1. The number of nitrogens with one attached hydrogen (secondary N) is 1. The van der Waals surface area contributed by atoms with E-state index >= 15 is 0 Å². The van der Waals surface area contributed by atoms with Gasteiger partial charge in [-0.15, -0.1) is 0 Å². The van der Waals surface area contributed by atoms with Gasteiger partial charge in [-0.1, -0.05) is 17.7 Å². The SMILES string of the molecule is Cc1ccc(N2C[C@@H](C(=O)Nc3cc4c(cc3N(C)C)n(C)c(=O)c(=O)n4C)CC2=O)cc1. The molecule has 0 aliphatic carbocycles. The highest BCUT2D eigenvalue weighted by atomic mass is 16.2. The number of nitrogens with zero attached hydrogens (tertiary/aromatic N) is 4. The van der Waals surface area contributed by atoms with Crippen LogP contribution in [0.3, 0.4) is 0 Å². The van der Waals surface area contributed by atoms with Crippen LogP contribution in [0.2, 0.25) is 0 Å². The van der Waals surface area contributed by atoms with E-state index in [2.05, 4.69) is 5.32 Å². The predicted molar refractivity (Wildman–Crippen MR) is 129 cm³/mol. The van der Waals surface area contributed by atoms with Gasteiger partial charge in [0.15, 0.2) is 0 Å². The average molecular weight is 450 g/mol. The molecule has 1 atom stereocenters. The summed E-state index contributed by atoms with van der Waals surface area (Å²) in [4.78, 5) is 53.7. The molecule has 0 spiro atoms. The van der Waals surface area contributed by atoms with E-state index in [1.165, 1.54) is 16.2 Å². The zero-order valence-corrected chi connectivity index (χ0v) is 19.4. The van der Waals surface area contributed by atoms with E-state index in [-0.39, 0.29) is 18.2 Å². The summed E-state index contributed by atoms with van der Waals surface area (Å²) in [6.07, 6.45) is 0.123. The van der Waals surface area contributed by atoms with E-state index in [4.69, 9.17) is 0 Å². The van der Waals surface area contributed by atoms with Crippen molar-refractivity contribution in [2.45, 2.75) is 13.3 Å². The highest BCUT2D eigenvalue weighted by Crippen LogP contribution is 2.31. The van der Waals surface area contributed by atoms with Gasteiger partial charge in [0.05, 0.1) is 28.3 Å². The molecule has 2 aromatic carbocycles. The van der Waals surface area contributed by atoms with Crippen molar-refractivity contribution in [3.8, 4) is 0 Å². The first-order chi connectivity index (χ1) is 15.6. The molecule has 2 amide bonds. The fourth-order valence-corrected chi connectivity index (χ4v) is 4.17. The van der Waals surface area contributed by atoms with Crippen LogP contribution in [0.5, 0.6) is 0 Å². The molecule has 1 saturated heterocycles. The zero-order valence-electron chi connectivity index (χ0n) is 19.4. The van der Waals surface area contributed by atoms with Crippen LogP contribution in [0, 0.1) is 12.8 Å². The Kier molecular flexibility index (Phi) is 5.57. The number of hydrogen-bond donors (Lipinski definition) is 1. The third-order valence-corrected chi connectivity index (χ3v) is 6.19. The number of benzene rings is 2. The zero-order chi connectivity index (χ0) is 24.0. The molecule has 0 bridgehead atoms. The fraction of sp³-hybridized carbons (Fsp3) is 0.333. The minimum atomic E-state index is -0.644. The molecule has 9 heteroatoms. The van der Waals surface area contributed by atoms with Gasteiger partial charge in [0.2, 0.25) is 11.8 Å². The maximum absolute atomic E-state index is 13.1. The molecule has 1 aromatic heterocycles. The van der Waals surface area contributed by atoms with Crippen LogP contribution in [0.15, 0.2) is 46.0 Å². The topological polar surface area (TPSA) is 96.7 Å². The maximum atomic E-state index is 13.1. The number of carbonyl (C=O) groups excluding carboxylic acids is 2. The van der Waals surface area contributed by atoms with Gasteiger partial charge in [-0.3, -0.25) is 19.2 Å². The van der Waals surface area contributed by atoms with Gasteiger partial charge in [0, 0.05) is 46.8 Å². The van der Waals surface area contributed by atoms with E-state index in [0.29, 0.717) is 29.0 Å². The molecule has 1 aliphatic rings. The monoisotopic (exact) mass is 449 g/mol. The van der Waals surface area contributed by atoms with Gasteiger partial charge in [0.1, 0.15) is 0 Å². The van der Waals surface area contributed by atoms with Gasteiger partial charge in [-0.05, 0) is 31.2 Å². The van der Waals surface area contributed by atoms with Crippen LogP contribution in [-0.4, -0.2) is 41.6 Å². The van der Waals surface area contributed by atoms with E-state index < -0.39 is 17.0 Å². The molecular formula is C24H27N5O4. The first-order valence-electron chi connectivity index (χ1n) is 10.7. The summed E-state index contributed by atoms with van der Waals surface area (Å²) in [6, 6.07) is 11.1. The minimum absolute atomic E-state index is 0.0947. The van der Waals surface area contributed by atoms with Gasteiger partial charge in [0.25, 0.3) is 0 Å². The number of aromatic nitrogens is 2. The predicted octanol–water partition coefficient (Wildman–Crippen LogP) is 1.60. The molecular weight excluding hydrogens is 422 g/mol. The van der Waals surface area contributed by atoms with Crippen molar-refractivity contribution < 1.29 is 9.59 Å². The molecule has 33 heavy (non-hydrogen) atoms. The second kappa shape index (κ2) is 8.23.